The van der Waals surface area contributed by atoms with Crippen LogP contribution in [-0.4, -0.2) is 52.4 Å². The Morgan fingerprint density at radius 1 is 1.04 bits per heavy atom. The first-order valence-electron chi connectivity index (χ1n) is 7.82. The van der Waals surface area contributed by atoms with E-state index in [1.807, 2.05) is 42.5 Å². The van der Waals surface area contributed by atoms with E-state index in [4.69, 9.17) is 9.47 Å². The molecule has 0 bridgehead atoms. The molecule has 5 atom stereocenters. The van der Waals surface area contributed by atoms with E-state index in [0.717, 1.165) is 16.3 Å². The summed E-state index contributed by atoms with van der Waals surface area (Å²) in [5, 5.41) is 31.9. The maximum Gasteiger partial charge on any atom is 0.115 e. The van der Waals surface area contributed by atoms with Crippen LogP contribution in [0.4, 0.5) is 0 Å². The number of aliphatic hydroxyl groups excluding tert-OH is 3. The summed E-state index contributed by atoms with van der Waals surface area (Å²) in [5.41, 5.74) is 0.961. The molecule has 2 aromatic rings. The second-order valence-corrected chi connectivity index (χ2v) is 6.00. The number of aliphatic hydroxyl groups is 3. The number of hydrogen-bond acceptors (Lipinski definition) is 5. The molecule has 24 heavy (non-hydrogen) atoms. The number of hydrogen-bond donors (Lipinski definition) is 3. The quantitative estimate of drug-likeness (QED) is 0.539. The van der Waals surface area contributed by atoms with Crippen LogP contribution in [0.3, 0.4) is 0 Å². The Labute approximate surface area is 177 Å². The van der Waals surface area contributed by atoms with E-state index in [0.29, 0.717) is 0 Å². The van der Waals surface area contributed by atoms with Gasteiger partial charge in [-0.25, -0.2) is 0 Å². The second kappa shape index (κ2) is 9.05. The summed E-state index contributed by atoms with van der Waals surface area (Å²) in [6, 6.07) is 14.0. The SMILES string of the molecule is C[C@@H]1OC(CO)[C@H](O)[C@H](OCc2ccc3ccccc3c2)C1O.[Ac]. The summed E-state index contributed by atoms with van der Waals surface area (Å²) in [4.78, 5) is 0. The Kier molecular flexibility index (Phi) is 7.64. The Bertz CT molecular complexity index is 665. The molecule has 5 nitrogen and oxygen atoms in total. The van der Waals surface area contributed by atoms with Crippen molar-refractivity contribution in [2.45, 2.75) is 44.1 Å². The zero-order chi connectivity index (χ0) is 16.4. The Morgan fingerprint density at radius 3 is 2.46 bits per heavy atom. The molecule has 1 fully saturated rings. The molecule has 3 rings (SSSR count). The van der Waals surface area contributed by atoms with E-state index >= 15 is 0 Å². The van der Waals surface area contributed by atoms with Crippen LogP contribution < -0.4 is 0 Å². The number of ether oxygens (including phenoxy) is 2. The van der Waals surface area contributed by atoms with Gasteiger partial charge in [0.2, 0.25) is 0 Å². The summed E-state index contributed by atoms with van der Waals surface area (Å²) in [6.45, 7) is 1.66. The normalized spacial score (nSPS) is 30.1. The average Bonchev–Trinajstić information content (AvgIpc) is 2.58. The molecule has 0 spiro atoms. The molecular formula is C18H22AcO5. The third kappa shape index (κ3) is 4.37. The van der Waals surface area contributed by atoms with Crippen molar-refractivity contribution in [3.05, 3.63) is 48.0 Å². The number of fused-ring (bicyclic) bond motifs is 1. The second-order valence-electron chi connectivity index (χ2n) is 6.00. The predicted molar refractivity (Wildman–Crippen MR) is 86.0 cm³/mol. The molecular weight excluding hydrogens is 523 g/mol. The summed E-state index contributed by atoms with van der Waals surface area (Å²) < 4.78 is 11.1. The largest absolute Gasteiger partial charge is 0.394 e. The van der Waals surface area contributed by atoms with Gasteiger partial charge in [0, 0.05) is 44.1 Å². The van der Waals surface area contributed by atoms with Crippen LogP contribution in [0.5, 0.6) is 0 Å². The fourth-order valence-corrected chi connectivity index (χ4v) is 2.99. The maximum absolute atomic E-state index is 10.2. The van der Waals surface area contributed by atoms with Crippen molar-refractivity contribution in [2.75, 3.05) is 6.61 Å². The van der Waals surface area contributed by atoms with Gasteiger partial charge in [-0.1, -0.05) is 36.4 Å². The minimum absolute atomic E-state index is 0. The van der Waals surface area contributed by atoms with Crippen molar-refractivity contribution < 1.29 is 68.9 Å². The maximum atomic E-state index is 10.2. The average molecular weight is 545 g/mol. The molecule has 1 heterocycles. The third-order valence-corrected chi connectivity index (χ3v) is 4.36. The summed E-state index contributed by atoms with van der Waals surface area (Å²) in [5.74, 6) is 0. The summed E-state index contributed by atoms with van der Waals surface area (Å²) in [7, 11) is 0. The van der Waals surface area contributed by atoms with Gasteiger partial charge in [0.05, 0.1) is 19.3 Å². The van der Waals surface area contributed by atoms with E-state index in [-0.39, 0.29) is 57.3 Å². The first-order chi connectivity index (χ1) is 11.1. The van der Waals surface area contributed by atoms with Gasteiger partial charge >= 0.3 is 0 Å². The summed E-state index contributed by atoms with van der Waals surface area (Å²) >= 11 is 0. The molecule has 0 amide bonds. The van der Waals surface area contributed by atoms with Crippen LogP contribution in [0.1, 0.15) is 12.5 Å². The molecule has 127 valence electrons. The van der Waals surface area contributed by atoms with Gasteiger partial charge in [0.25, 0.3) is 0 Å². The van der Waals surface area contributed by atoms with Crippen molar-refractivity contribution in [3.8, 4) is 0 Å². The monoisotopic (exact) mass is 545 g/mol. The standard InChI is InChI=1S/C18H22O5.Ac/c1-11-16(20)18(17(21)15(9-19)23-11)22-10-12-6-7-13-4-2-3-5-14(13)8-12;/h2-8,11,15-21H,9-10H2,1H3;/t11-,15?,16?,17-,18+;/m0./s1. The Hall–Kier alpha value is -0.0584. The molecule has 2 aromatic carbocycles. The minimum atomic E-state index is -1.06. The number of benzene rings is 2. The van der Waals surface area contributed by atoms with E-state index in [9.17, 15) is 15.3 Å². The Morgan fingerprint density at radius 2 is 1.75 bits per heavy atom. The van der Waals surface area contributed by atoms with Gasteiger partial charge in [-0.15, -0.1) is 0 Å². The fraction of sp³-hybridized carbons (Fsp3) is 0.444. The third-order valence-electron chi connectivity index (χ3n) is 4.36. The molecule has 0 saturated carbocycles. The molecule has 3 N–H and O–H groups in total. The van der Waals surface area contributed by atoms with Crippen LogP contribution in [-0.2, 0) is 16.1 Å². The molecule has 2 unspecified atom stereocenters. The minimum Gasteiger partial charge on any atom is -0.394 e. The van der Waals surface area contributed by atoms with Gasteiger partial charge < -0.3 is 24.8 Å². The first kappa shape index (κ1) is 20.3. The molecule has 1 aliphatic rings. The number of rotatable bonds is 4. The van der Waals surface area contributed by atoms with E-state index in [1.54, 1.807) is 6.92 Å². The van der Waals surface area contributed by atoms with Gasteiger partial charge in [0.15, 0.2) is 0 Å². The molecule has 1 saturated heterocycles. The van der Waals surface area contributed by atoms with Crippen LogP contribution in [0.15, 0.2) is 42.5 Å². The van der Waals surface area contributed by atoms with Gasteiger partial charge in [-0.05, 0) is 29.3 Å². The molecule has 1 radical (unpaired) electrons. The van der Waals surface area contributed by atoms with Crippen molar-refractivity contribution in [1.29, 1.82) is 0 Å². The molecule has 0 aromatic heterocycles. The Balaban J connectivity index is 0.00000208. The zero-order valence-electron chi connectivity index (χ0n) is 13.6. The van der Waals surface area contributed by atoms with Gasteiger partial charge in [0.1, 0.15) is 24.4 Å². The van der Waals surface area contributed by atoms with Crippen LogP contribution in [0.2, 0.25) is 0 Å². The van der Waals surface area contributed by atoms with Gasteiger partial charge in [-0.2, -0.15) is 0 Å². The van der Waals surface area contributed by atoms with Crippen LogP contribution in [0.25, 0.3) is 10.8 Å². The van der Waals surface area contributed by atoms with Crippen molar-refractivity contribution in [2.24, 2.45) is 0 Å². The predicted octanol–water partition coefficient (Wildman–Crippen LogP) is 1.23. The topological polar surface area (TPSA) is 79.2 Å². The fourth-order valence-electron chi connectivity index (χ4n) is 2.99. The molecule has 1 aliphatic heterocycles. The summed E-state index contributed by atoms with van der Waals surface area (Å²) in [6.07, 6.45) is -4.03. The van der Waals surface area contributed by atoms with Gasteiger partial charge in [-0.3, -0.25) is 0 Å². The van der Waals surface area contributed by atoms with Crippen LogP contribution in [0, 0.1) is 44.1 Å². The molecule has 0 aliphatic carbocycles. The van der Waals surface area contributed by atoms with E-state index < -0.39 is 30.5 Å². The van der Waals surface area contributed by atoms with Crippen LogP contribution >= 0.6 is 0 Å². The first-order valence-corrected chi connectivity index (χ1v) is 7.82. The van der Waals surface area contributed by atoms with Crippen molar-refractivity contribution in [1.82, 2.24) is 0 Å². The smallest absolute Gasteiger partial charge is 0.115 e. The van der Waals surface area contributed by atoms with Crippen molar-refractivity contribution >= 4 is 10.8 Å². The van der Waals surface area contributed by atoms with E-state index in [1.165, 1.54) is 0 Å². The van der Waals surface area contributed by atoms with E-state index in [2.05, 4.69) is 0 Å². The van der Waals surface area contributed by atoms with Crippen molar-refractivity contribution in [3.63, 3.8) is 0 Å². The molecule has 6 heteroatoms. The zero-order valence-corrected chi connectivity index (χ0v) is 18.3.